The number of hydrogen-bond donors (Lipinski definition) is 0. The first-order chi connectivity index (χ1) is 23.5. The van der Waals surface area contributed by atoms with E-state index in [9.17, 15) is 0 Å². The zero-order chi connectivity index (χ0) is 32.4. The molecule has 0 saturated carbocycles. The molecule has 0 aromatic heterocycles. The van der Waals surface area contributed by atoms with Gasteiger partial charge in [0.2, 0.25) is 0 Å². The van der Waals surface area contributed by atoms with E-state index in [1.807, 2.05) is 0 Å². The van der Waals surface area contributed by atoms with E-state index in [0.717, 1.165) is 0 Å². The van der Waals surface area contributed by atoms with Crippen LogP contribution in [0.15, 0.2) is 164 Å². The van der Waals surface area contributed by atoms with Gasteiger partial charge in [-0.25, -0.2) is 0 Å². The summed E-state index contributed by atoms with van der Waals surface area (Å²) in [4.78, 5) is 0. The highest BCUT2D eigenvalue weighted by atomic mass is 14.4. The fourth-order valence-corrected chi connectivity index (χ4v) is 8.13. The van der Waals surface area contributed by atoms with Crippen LogP contribution < -0.4 is 0 Å². The van der Waals surface area contributed by atoms with Gasteiger partial charge in [0.1, 0.15) is 0 Å². The van der Waals surface area contributed by atoms with E-state index in [4.69, 9.17) is 0 Å². The first-order valence-electron chi connectivity index (χ1n) is 16.9. The molecule has 1 aliphatic carbocycles. The average molecular weight is 613 g/mol. The second-order valence-electron chi connectivity index (χ2n) is 13.8. The molecule has 228 valence electrons. The Labute approximate surface area is 283 Å². The van der Waals surface area contributed by atoms with Gasteiger partial charge in [-0.2, -0.15) is 0 Å². The summed E-state index contributed by atoms with van der Waals surface area (Å²) in [7, 11) is 0. The van der Waals surface area contributed by atoms with E-state index in [2.05, 4.69) is 185 Å². The minimum absolute atomic E-state index is 0.0120. The summed E-state index contributed by atoms with van der Waals surface area (Å²) in [6.45, 7) is 6.91. The first kappa shape index (κ1) is 28.5. The van der Waals surface area contributed by atoms with Crippen LogP contribution in [0.3, 0.4) is 0 Å². The van der Waals surface area contributed by atoms with Gasteiger partial charge < -0.3 is 0 Å². The average Bonchev–Trinajstić information content (AvgIpc) is 3.36. The van der Waals surface area contributed by atoms with E-state index < -0.39 is 0 Å². The minimum atomic E-state index is -0.0120. The van der Waals surface area contributed by atoms with Crippen LogP contribution in [0.2, 0.25) is 0 Å². The molecular weight excluding hydrogens is 577 g/mol. The molecule has 0 nitrogen and oxygen atoms in total. The fourth-order valence-electron chi connectivity index (χ4n) is 8.13. The van der Waals surface area contributed by atoms with Gasteiger partial charge in [0.25, 0.3) is 0 Å². The van der Waals surface area contributed by atoms with Gasteiger partial charge in [-0.1, -0.05) is 171 Å². The van der Waals surface area contributed by atoms with Gasteiger partial charge in [-0.05, 0) is 107 Å². The Morgan fingerprint density at radius 3 is 1.62 bits per heavy atom. The van der Waals surface area contributed by atoms with Crippen molar-refractivity contribution in [2.24, 2.45) is 0 Å². The van der Waals surface area contributed by atoms with Crippen molar-refractivity contribution in [3.05, 3.63) is 180 Å². The van der Waals surface area contributed by atoms with Crippen LogP contribution in [0.1, 0.15) is 30.5 Å². The quantitative estimate of drug-likeness (QED) is 0.173. The Kier molecular flexibility index (Phi) is 6.49. The van der Waals surface area contributed by atoms with Crippen molar-refractivity contribution in [2.45, 2.75) is 26.2 Å². The normalized spacial score (nSPS) is 13.1. The molecule has 0 amide bonds. The number of fused-ring (bicyclic) bond motifs is 5. The standard InChI is InChI=1S/C48H36/c1-31-20-26-41-43(28-31)47(37-25-27-45-42(30-37)38-16-9-10-19-44(38)48(45,2)3)40-18-8-7-17-39(40)46(41)36-15-11-14-35(29-36)34-23-21-33(22-24-34)32-12-5-4-6-13-32/h4-30H,1-3H3. The Bertz CT molecular complexity index is 2510. The second kappa shape index (κ2) is 10.9. The third kappa shape index (κ3) is 4.44. The SMILES string of the molecule is Cc1ccc2c(-c3cccc(-c4ccc(-c5ccccc5)cc4)c3)c3ccccc3c(-c3ccc4c(c3)-c3ccccc3C4(C)C)c2c1. The maximum Gasteiger partial charge on any atom is 0.0158 e. The van der Waals surface area contributed by atoms with Crippen molar-refractivity contribution in [1.29, 1.82) is 0 Å². The molecule has 0 fully saturated rings. The Morgan fingerprint density at radius 1 is 0.333 bits per heavy atom. The van der Waals surface area contributed by atoms with Crippen LogP contribution in [0, 0.1) is 6.92 Å². The summed E-state index contributed by atoms with van der Waals surface area (Å²) in [5, 5.41) is 5.15. The summed E-state index contributed by atoms with van der Waals surface area (Å²) < 4.78 is 0. The molecule has 0 N–H and O–H groups in total. The number of aryl methyl sites for hydroxylation is 1. The second-order valence-corrected chi connectivity index (χ2v) is 13.8. The van der Waals surface area contributed by atoms with E-state index in [1.54, 1.807) is 0 Å². The highest BCUT2D eigenvalue weighted by molar-refractivity contribution is 6.21. The van der Waals surface area contributed by atoms with Gasteiger partial charge in [-0.3, -0.25) is 0 Å². The summed E-state index contributed by atoms with van der Waals surface area (Å²) in [6, 6.07) is 60.7. The van der Waals surface area contributed by atoms with Gasteiger partial charge in [0.05, 0.1) is 0 Å². The molecule has 0 unspecified atom stereocenters. The summed E-state index contributed by atoms with van der Waals surface area (Å²) in [5.74, 6) is 0. The maximum atomic E-state index is 2.45. The van der Waals surface area contributed by atoms with Gasteiger partial charge in [-0.15, -0.1) is 0 Å². The topological polar surface area (TPSA) is 0 Å². The zero-order valence-corrected chi connectivity index (χ0v) is 27.6. The van der Waals surface area contributed by atoms with Crippen LogP contribution in [0.4, 0.5) is 0 Å². The molecule has 0 atom stereocenters. The predicted molar refractivity (Wildman–Crippen MR) is 205 cm³/mol. The lowest BCUT2D eigenvalue weighted by molar-refractivity contribution is 0.660. The summed E-state index contributed by atoms with van der Waals surface area (Å²) in [5.41, 5.74) is 16.8. The van der Waals surface area contributed by atoms with E-state index in [-0.39, 0.29) is 5.41 Å². The molecule has 48 heavy (non-hydrogen) atoms. The molecular formula is C48H36. The summed E-state index contributed by atoms with van der Waals surface area (Å²) in [6.07, 6.45) is 0. The van der Waals surface area contributed by atoms with Gasteiger partial charge in [0, 0.05) is 5.41 Å². The highest BCUT2D eigenvalue weighted by Gasteiger charge is 2.35. The zero-order valence-electron chi connectivity index (χ0n) is 27.6. The van der Waals surface area contributed by atoms with Gasteiger partial charge >= 0.3 is 0 Å². The predicted octanol–water partition coefficient (Wildman–Crippen LogP) is 13.3. The molecule has 8 aromatic rings. The monoisotopic (exact) mass is 612 g/mol. The number of hydrogen-bond acceptors (Lipinski definition) is 0. The third-order valence-electron chi connectivity index (χ3n) is 10.5. The van der Waals surface area contributed by atoms with Crippen LogP contribution in [0.5, 0.6) is 0 Å². The molecule has 9 rings (SSSR count). The van der Waals surface area contributed by atoms with Crippen molar-refractivity contribution >= 4 is 21.5 Å². The molecule has 0 heteroatoms. The third-order valence-corrected chi connectivity index (χ3v) is 10.5. The van der Waals surface area contributed by atoms with Crippen molar-refractivity contribution in [3.8, 4) is 55.6 Å². The smallest absolute Gasteiger partial charge is 0.0158 e. The minimum Gasteiger partial charge on any atom is -0.0622 e. The summed E-state index contributed by atoms with van der Waals surface area (Å²) >= 11 is 0. The van der Waals surface area contributed by atoms with E-state index in [0.29, 0.717) is 0 Å². The molecule has 0 radical (unpaired) electrons. The molecule has 0 spiro atoms. The van der Waals surface area contributed by atoms with Crippen LogP contribution in [-0.2, 0) is 5.41 Å². The highest BCUT2D eigenvalue weighted by Crippen LogP contribution is 2.51. The largest absolute Gasteiger partial charge is 0.0622 e. The molecule has 0 bridgehead atoms. The van der Waals surface area contributed by atoms with Crippen molar-refractivity contribution in [2.75, 3.05) is 0 Å². The lowest BCUT2D eigenvalue weighted by Gasteiger charge is -2.22. The molecule has 1 aliphatic rings. The van der Waals surface area contributed by atoms with Crippen LogP contribution in [-0.4, -0.2) is 0 Å². The first-order valence-corrected chi connectivity index (χ1v) is 16.9. The lowest BCUT2D eigenvalue weighted by Crippen LogP contribution is -2.14. The van der Waals surface area contributed by atoms with Gasteiger partial charge in [0.15, 0.2) is 0 Å². The lowest BCUT2D eigenvalue weighted by atomic mass is 9.81. The molecule has 0 heterocycles. The maximum absolute atomic E-state index is 2.45. The van der Waals surface area contributed by atoms with Crippen molar-refractivity contribution in [1.82, 2.24) is 0 Å². The fraction of sp³-hybridized carbons (Fsp3) is 0.0833. The Hall–Kier alpha value is -5.72. The Balaban J connectivity index is 1.24. The van der Waals surface area contributed by atoms with E-state index >= 15 is 0 Å². The van der Waals surface area contributed by atoms with Crippen molar-refractivity contribution in [3.63, 3.8) is 0 Å². The Morgan fingerprint density at radius 2 is 0.854 bits per heavy atom. The van der Waals surface area contributed by atoms with Crippen LogP contribution in [0.25, 0.3) is 77.2 Å². The molecule has 0 saturated heterocycles. The number of rotatable bonds is 4. The number of benzene rings is 8. The molecule has 0 aliphatic heterocycles. The molecule has 8 aromatic carbocycles. The van der Waals surface area contributed by atoms with Crippen molar-refractivity contribution < 1.29 is 0 Å². The van der Waals surface area contributed by atoms with E-state index in [1.165, 1.54) is 93.9 Å². The van der Waals surface area contributed by atoms with Crippen LogP contribution >= 0.6 is 0 Å².